The molecule has 0 fully saturated rings. The molecule has 1 rings (SSSR count). The van der Waals surface area contributed by atoms with Crippen LogP contribution in [0.5, 0.6) is 0 Å². The van der Waals surface area contributed by atoms with Crippen LogP contribution in [0.4, 0.5) is 0 Å². The molecule has 0 heterocycles. The van der Waals surface area contributed by atoms with E-state index in [2.05, 4.69) is 0 Å². The van der Waals surface area contributed by atoms with Gasteiger partial charge in [-0.25, -0.2) is 0 Å². The van der Waals surface area contributed by atoms with Gasteiger partial charge in [-0.1, -0.05) is 23.2 Å². The van der Waals surface area contributed by atoms with Gasteiger partial charge in [0.25, 0.3) is 0 Å². The highest BCUT2D eigenvalue weighted by molar-refractivity contribution is 7.86. The van der Waals surface area contributed by atoms with E-state index in [0.29, 0.717) is 14.9 Å². The number of carbonyl (C=O) groups is 1. The first kappa shape index (κ1) is 14.5. The highest BCUT2D eigenvalue weighted by atomic mass is 35.5. The molecule has 0 saturated carbocycles. The summed E-state index contributed by atoms with van der Waals surface area (Å²) in [6.45, 7) is 3.48. The molecule has 0 aliphatic heterocycles. The van der Waals surface area contributed by atoms with Gasteiger partial charge in [0.2, 0.25) is 0 Å². The molecule has 2 unspecified atom stereocenters. The fourth-order valence-electron chi connectivity index (χ4n) is 1.17. The monoisotopic (exact) mass is 294 g/mol. The number of hydrogen-bond donors (Lipinski definition) is 0. The molecule has 2 atom stereocenters. The molecule has 1 aromatic carbocycles. The first-order valence-electron chi connectivity index (χ1n) is 4.99. The lowest BCUT2D eigenvalue weighted by atomic mass is 10.4. The predicted molar refractivity (Wildman–Crippen MR) is 69.0 cm³/mol. The Bertz CT molecular complexity index is 448. The summed E-state index contributed by atoms with van der Waals surface area (Å²) in [5.41, 5.74) is 0. The van der Waals surface area contributed by atoms with Crippen LogP contribution in [-0.4, -0.2) is 22.0 Å². The molecule has 0 aliphatic carbocycles. The Kier molecular flexibility index (Phi) is 5.43. The Morgan fingerprint density at radius 3 is 2.71 bits per heavy atom. The molecule has 0 bridgehead atoms. The maximum absolute atomic E-state index is 12.1. The number of rotatable bonds is 4. The second-order valence-electron chi connectivity index (χ2n) is 3.27. The van der Waals surface area contributed by atoms with Gasteiger partial charge in [-0.3, -0.25) is 9.00 Å². The van der Waals surface area contributed by atoms with Crippen LogP contribution in [-0.2, 0) is 20.3 Å². The van der Waals surface area contributed by atoms with E-state index < -0.39 is 22.0 Å². The van der Waals surface area contributed by atoms with Crippen molar-refractivity contribution < 1.29 is 13.7 Å². The summed E-state index contributed by atoms with van der Waals surface area (Å²) in [5.74, 6) is -0.512. The van der Waals surface area contributed by atoms with E-state index in [1.165, 1.54) is 13.0 Å². The van der Waals surface area contributed by atoms with Crippen molar-refractivity contribution in [1.82, 2.24) is 0 Å². The van der Waals surface area contributed by atoms with E-state index >= 15 is 0 Å². The summed E-state index contributed by atoms with van der Waals surface area (Å²) in [7, 11) is -1.57. The largest absolute Gasteiger partial charge is 0.465 e. The molecule has 6 heteroatoms. The lowest BCUT2D eigenvalue weighted by molar-refractivity contribution is -0.142. The van der Waals surface area contributed by atoms with Crippen molar-refractivity contribution >= 4 is 40.0 Å². The summed E-state index contributed by atoms with van der Waals surface area (Å²) in [6, 6.07) is 4.64. The molecule has 0 N–H and O–H groups in total. The van der Waals surface area contributed by atoms with Gasteiger partial charge in [-0.05, 0) is 32.0 Å². The molecular weight excluding hydrogens is 283 g/mol. The average molecular weight is 295 g/mol. The normalized spacial score (nSPS) is 14.1. The number of esters is 1. The van der Waals surface area contributed by atoms with Gasteiger partial charge < -0.3 is 4.74 Å². The highest BCUT2D eigenvalue weighted by Gasteiger charge is 2.24. The molecule has 3 nitrogen and oxygen atoms in total. The summed E-state index contributed by atoms with van der Waals surface area (Å²) in [5, 5.41) is -0.0244. The SMILES string of the molecule is CCOC(=O)C(C)S(=O)c1cc(Cl)ccc1Cl. The lowest BCUT2D eigenvalue weighted by Crippen LogP contribution is -2.25. The Morgan fingerprint density at radius 2 is 2.12 bits per heavy atom. The van der Waals surface area contributed by atoms with E-state index in [1.54, 1.807) is 19.1 Å². The van der Waals surface area contributed by atoms with Gasteiger partial charge in [-0.2, -0.15) is 0 Å². The zero-order valence-electron chi connectivity index (χ0n) is 9.41. The van der Waals surface area contributed by atoms with E-state index in [9.17, 15) is 9.00 Å². The van der Waals surface area contributed by atoms with Crippen molar-refractivity contribution in [2.24, 2.45) is 0 Å². The average Bonchev–Trinajstić information content (AvgIpc) is 2.30. The summed E-state index contributed by atoms with van der Waals surface area (Å²) < 4.78 is 16.9. The number of halogens is 2. The van der Waals surface area contributed by atoms with E-state index in [-0.39, 0.29) is 6.61 Å². The van der Waals surface area contributed by atoms with E-state index in [1.807, 2.05) is 0 Å². The third-order valence-corrected chi connectivity index (χ3v) is 4.33. The Balaban J connectivity index is 2.96. The highest BCUT2D eigenvalue weighted by Crippen LogP contribution is 2.25. The topological polar surface area (TPSA) is 43.4 Å². The van der Waals surface area contributed by atoms with Crippen LogP contribution < -0.4 is 0 Å². The van der Waals surface area contributed by atoms with Crippen molar-refractivity contribution in [3.05, 3.63) is 28.2 Å². The van der Waals surface area contributed by atoms with Crippen molar-refractivity contribution in [3.8, 4) is 0 Å². The minimum atomic E-state index is -1.57. The van der Waals surface area contributed by atoms with Crippen LogP contribution in [0.2, 0.25) is 10.0 Å². The van der Waals surface area contributed by atoms with Gasteiger partial charge >= 0.3 is 5.97 Å². The maximum Gasteiger partial charge on any atom is 0.321 e. The van der Waals surface area contributed by atoms with E-state index in [0.717, 1.165) is 0 Å². The van der Waals surface area contributed by atoms with Gasteiger partial charge in [0.1, 0.15) is 5.25 Å². The van der Waals surface area contributed by atoms with Crippen LogP contribution in [0.3, 0.4) is 0 Å². The van der Waals surface area contributed by atoms with Crippen LogP contribution in [0, 0.1) is 0 Å². The second kappa shape index (κ2) is 6.38. The van der Waals surface area contributed by atoms with Crippen LogP contribution in [0.25, 0.3) is 0 Å². The molecule has 0 radical (unpaired) electrons. The number of benzene rings is 1. The summed E-state index contributed by atoms with van der Waals surface area (Å²) in [4.78, 5) is 11.8. The molecular formula is C11H12Cl2O3S. The third kappa shape index (κ3) is 3.69. The minimum absolute atomic E-state index is 0.254. The molecule has 0 spiro atoms. The number of ether oxygens (including phenoxy) is 1. The smallest absolute Gasteiger partial charge is 0.321 e. The summed E-state index contributed by atoms with van der Waals surface area (Å²) in [6.07, 6.45) is 0. The van der Waals surface area contributed by atoms with Gasteiger partial charge in [0, 0.05) is 5.02 Å². The minimum Gasteiger partial charge on any atom is -0.465 e. The van der Waals surface area contributed by atoms with Crippen LogP contribution in [0.1, 0.15) is 13.8 Å². The molecule has 0 amide bonds. The zero-order chi connectivity index (χ0) is 13.0. The van der Waals surface area contributed by atoms with E-state index in [4.69, 9.17) is 27.9 Å². The predicted octanol–water partition coefficient (Wildman–Crippen LogP) is 3.05. The Labute approximate surface area is 113 Å². The molecule has 94 valence electrons. The maximum atomic E-state index is 12.1. The van der Waals surface area contributed by atoms with Crippen molar-refractivity contribution in [1.29, 1.82) is 0 Å². The summed E-state index contributed by atoms with van der Waals surface area (Å²) >= 11 is 11.7. The fourth-order valence-corrected chi connectivity index (χ4v) is 2.88. The molecule has 1 aromatic rings. The van der Waals surface area contributed by atoms with Gasteiger partial charge in [-0.15, -0.1) is 0 Å². The number of carbonyl (C=O) groups excluding carboxylic acids is 1. The first-order chi connectivity index (χ1) is 7.97. The molecule has 0 aliphatic rings. The zero-order valence-corrected chi connectivity index (χ0v) is 11.7. The molecule has 0 aromatic heterocycles. The molecule has 17 heavy (non-hydrogen) atoms. The second-order valence-corrected chi connectivity index (χ2v) is 5.85. The van der Waals surface area contributed by atoms with Gasteiger partial charge in [0.15, 0.2) is 0 Å². The Hall–Kier alpha value is -0.580. The van der Waals surface area contributed by atoms with Crippen molar-refractivity contribution in [2.45, 2.75) is 24.0 Å². The standard InChI is InChI=1S/C11H12Cl2O3S/c1-3-16-11(14)7(2)17(15)10-6-8(12)4-5-9(10)13/h4-7H,3H2,1-2H3. The van der Waals surface area contributed by atoms with Gasteiger partial charge in [0.05, 0.1) is 27.3 Å². The van der Waals surface area contributed by atoms with Crippen molar-refractivity contribution in [3.63, 3.8) is 0 Å². The third-order valence-electron chi connectivity index (χ3n) is 2.05. The van der Waals surface area contributed by atoms with Crippen molar-refractivity contribution in [2.75, 3.05) is 6.61 Å². The van der Waals surface area contributed by atoms with Crippen LogP contribution >= 0.6 is 23.2 Å². The number of hydrogen-bond acceptors (Lipinski definition) is 3. The fraction of sp³-hybridized carbons (Fsp3) is 0.364. The molecule has 0 saturated heterocycles. The Morgan fingerprint density at radius 1 is 1.47 bits per heavy atom. The quantitative estimate of drug-likeness (QED) is 0.802. The lowest BCUT2D eigenvalue weighted by Gasteiger charge is -2.11. The first-order valence-corrected chi connectivity index (χ1v) is 6.96. The van der Waals surface area contributed by atoms with Crippen LogP contribution in [0.15, 0.2) is 23.1 Å².